The van der Waals surface area contributed by atoms with Gasteiger partial charge in [-0.15, -0.1) is 0 Å². The van der Waals surface area contributed by atoms with Gasteiger partial charge in [-0.3, -0.25) is 0 Å². The molecule has 0 aromatic carbocycles. The zero-order valence-corrected chi connectivity index (χ0v) is 16.7. The summed E-state index contributed by atoms with van der Waals surface area (Å²) in [6.45, 7) is 7.55. The third-order valence-electron chi connectivity index (χ3n) is 4.38. The van der Waals surface area contributed by atoms with Crippen molar-refractivity contribution in [1.82, 2.24) is 0 Å². The molecular formula is C22H44O2. The third-order valence-corrected chi connectivity index (χ3v) is 4.38. The molecule has 0 bridgehead atoms. The largest absolute Gasteiger partial charge is 0.478 e. The normalized spacial score (nSPS) is 10.1. The predicted octanol–water partition coefficient (Wildman–Crippen LogP) is 7.91. The van der Waals surface area contributed by atoms with E-state index in [1.54, 1.807) is 0 Å². The van der Waals surface area contributed by atoms with Gasteiger partial charge in [-0.25, -0.2) is 4.79 Å². The van der Waals surface area contributed by atoms with Crippen molar-refractivity contribution in [3.05, 3.63) is 12.7 Å². The topological polar surface area (TPSA) is 37.3 Å². The predicted molar refractivity (Wildman–Crippen MR) is 108 cm³/mol. The Kier molecular flexibility index (Phi) is 25.9. The molecule has 144 valence electrons. The second-order valence-corrected chi connectivity index (χ2v) is 6.85. The molecule has 0 saturated heterocycles. The summed E-state index contributed by atoms with van der Waals surface area (Å²) in [5.74, 6) is -0.981. The van der Waals surface area contributed by atoms with Gasteiger partial charge in [0, 0.05) is 6.08 Å². The molecule has 0 heterocycles. The van der Waals surface area contributed by atoms with Crippen molar-refractivity contribution < 1.29 is 9.90 Å². The average Bonchev–Trinajstić information content (AvgIpc) is 2.59. The van der Waals surface area contributed by atoms with E-state index in [-0.39, 0.29) is 0 Å². The lowest BCUT2D eigenvalue weighted by atomic mass is 10.0. The van der Waals surface area contributed by atoms with Crippen LogP contribution in [0.1, 0.15) is 123 Å². The number of rotatable bonds is 17. The van der Waals surface area contributed by atoms with Crippen molar-refractivity contribution in [2.75, 3.05) is 0 Å². The Morgan fingerprint density at radius 2 is 0.792 bits per heavy atom. The molecule has 2 heteroatoms. The van der Waals surface area contributed by atoms with Gasteiger partial charge in [0.2, 0.25) is 0 Å². The van der Waals surface area contributed by atoms with Crippen LogP contribution in [0, 0.1) is 0 Å². The van der Waals surface area contributed by atoms with Gasteiger partial charge in [-0.05, 0) is 0 Å². The molecule has 2 nitrogen and oxygen atoms in total. The smallest absolute Gasteiger partial charge is 0.327 e. The molecule has 24 heavy (non-hydrogen) atoms. The first-order valence-electron chi connectivity index (χ1n) is 10.5. The summed E-state index contributed by atoms with van der Waals surface area (Å²) < 4.78 is 0. The number of hydrogen-bond donors (Lipinski definition) is 1. The van der Waals surface area contributed by atoms with Crippen LogP contribution < -0.4 is 0 Å². The Morgan fingerprint density at radius 1 is 0.625 bits per heavy atom. The summed E-state index contributed by atoms with van der Waals surface area (Å²) >= 11 is 0. The van der Waals surface area contributed by atoms with E-state index in [0.29, 0.717) is 0 Å². The maximum absolute atomic E-state index is 9.25. The Balaban J connectivity index is 0. The minimum atomic E-state index is -0.981. The lowest BCUT2D eigenvalue weighted by Gasteiger charge is -2.03. The molecule has 0 rings (SSSR count). The van der Waals surface area contributed by atoms with Gasteiger partial charge in [-0.2, -0.15) is 0 Å². The lowest BCUT2D eigenvalue weighted by Crippen LogP contribution is -1.83. The highest BCUT2D eigenvalue weighted by Crippen LogP contribution is 2.13. The zero-order valence-electron chi connectivity index (χ0n) is 16.7. The van der Waals surface area contributed by atoms with Crippen LogP contribution in [-0.2, 0) is 4.79 Å². The van der Waals surface area contributed by atoms with Gasteiger partial charge in [-0.1, -0.05) is 130 Å². The van der Waals surface area contributed by atoms with E-state index in [2.05, 4.69) is 20.4 Å². The number of carboxylic acids is 1. The Labute approximate surface area is 152 Å². The second kappa shape index (κ2) is 24.5. The van der Waals surface area contributed by atoms with Crippen molar-refractivity contribution in [3.63, 3.8) is 0 Å². The van der Waals surface area contributed by atoms with E-state index in [4.69, 9.17) is 5.11 Å². The number of carboxylic acid groups (broad SMARTS) is 1. The fourth-order valence-corrected chi connectivity index (χ4v) is 2.80. The number of aliphatic carboxylic acids is 1. The summed E-state index contributed by atoms with van der Waals surface area (Å²) in [5, 5.41) is 7.60. The van der Waals surface area contributed by atoms with E-state index >= 15 is 0 Å². The van der Waals surface area contributed by atoms with E-state index < -0.39 is 5.97 Å². The Hall–Kier alpha value is -0.790. The Morgan fingerprint density at radius 3 is 0.917 bits per heavy atom. The molecule has 0 aliphatic rings. The van der Waals surface area contributed by atoms with Crippen LogP contribution in [0.25, 0.3) is 0 Å². The fraction of sp³-hybridized carbons (Fsp3) is 0.864. The van der Waals surface area contributed by atoms with Gasteiger partial charge in [0.05, 0.1) is 0 Å². The maximum atomic E-state index is 9.25. The van der Waals surface area contributed by atoms with Crippen LogP contribution >= 0.6 is 0 Å². The molecule has 0 radical (unpaired) electrons. The zero-order chi connectivity index (χ0) is 18.3. The molecule has 0 saturated carbocycles. The molecular weight excluding hydrogens is 296 g/mol. The van der Waals surface area contributed by atoms with Crippen LogP contribution in [0.2, 0.25) is 0 Å². The fourth-order valence-electron chi connectivity index (χ4n) is 2.80. The van der Waals surface area contributed by atoms with Crippen molar-refractivity contribution in [2.24, 2.45) is 0 Å². The highest BCUT2D eigenvalue weighted by molar-refractivity contribution is 5.78. The van der Waals surface area contributed by atoms with Crippen molar-refractivity contribution in [2.45, 2.75) is 123 Å². The summed E-state index contributed by atoms with van der Waals surface area (Å²) in [7, 11) is 0. The monoisotopic (exact) mass is 340 g/mol. The van der Waals surface area contributed by atoms with E-state index in [0.717, 1.165) is 6.08 Å². The molecule has 0 aromatic heterocycles. The SMILES string of the molecule is C=CC(=O)O.CCCCCCCCCCCCCCCCCCC. The van der Waals surface area contributed by atoms with Gasteiger partial charge in [0.25, 0.3) is 0 Å². The van der Waals surface area contributed by atoms with Crippen molar-refractivity contribution >= 4 is 5.97 Å². The number of carbonyl (C=O) groups is 1. The van der Waals surface area contributed by atoms with Crippen LogP contribution in [0.15, 0.2) is 12.7 Å². The van der Waals surface area contributed by atoms with Crippen LogP contribution in [0.3, 0.4) is 0 Å². The van der Waals surface area contributed by atoms with Gasteiger partial charge >= 0.3 is 5.97 Å². The molecule has 1 N–H and O–H groups in total. The molecule has 0 amide bonds. The number of hydrogen-bond acceptors (Lipinski definition) is 1. The molecule has 0 unspecified atom stereocenters. The highest BCUT2D eigenvalue weighted by atomic mass is 16.4. The first-order chi connectivity index (χ1) is 11.7. The van der Waals surface area contributed by atoms with Gasteiger partial charge in [0.15, 0.2) is 0 Å². The van der Waals surface area contributed by atoms with Crippen molar-refractivity contribution in [1.29, 1.82) is 0 Å². The molecule has 0 fully saturated rings. The maximum Gasteiger partial charge on any atom is 0.327 e. The van der Waals surface area contributed by atoms with Gasteiger partial charge in [0.1, 0.15) is 0 Å². The van der Waals surface area contributed by atoms with Crippen LogP contribution in [0.4, 0.5) is 0 Å². The number of unbranched alkanes of at least 4 members (excludes halogenated alkanes) is 16. The average molecular weight is 341 g/mol. The van der Waals surface area contributed by atoms with Crippen LogP contribution in [0.5, 0.6) is 0 Å². The first kappa shape index (κ1) is 25.5. The minimum Gasteiger partial charge on any atom is -0.478 e. The highest BCUT2D eigenvalue weighted by Gasteiger charge is 1.94. The van der Waals surface area contributed by atoms with E-state index in [1.165, 1.54) is 109 Å². The molecule has 0 aliphatic carbocycles. The first-order valence-corrected chi connectivity index (χ1v) is 10.5. The van der Waals surface area contributed by atoms with Crippen molar-refractivity contribution in [3.8, 4) is 0 Å². The molecule has 0 atom stereocenters. The quantitative estimate of drug-likeness (QED) is 0.216. The summed E-state index contributed by atoms with van der Waals surface area (Å²) in [6.07, 6.45) is 25.7. The standard InChI is InChI=1S/C19H40.C3H4O2/c1-3-5-7-9-11-13-15-17-19-18-16-14-12-10-8-6-4-2;1-2-3(4)5/h3-19H2,1-2H3;2H,1H2,(H,4,5). The van der Waals surface area contributed by atoms with Crippen LogP contribution in [-0.4, -0.2) is 11.1 Å². The Bertz CT molecular complexity index is 232. The van der Waals surface area contributed by atoms with E-state index in [1.807, 2.05) is 0 Å². The van der Waals surface area contributed by atoms with Gasteiger partial charge < -0.3 is 5.11 Å². The summed E-state index contributed by atoms with van der Waals surface area (Å²) in [6, 6.07) is 0. The minimum absolute atomic E-state index is 0.833. The summed E-state index contributed by atoms with van der Waals surface area (Å²) in [4.78, 5) is 9.25. The van der Waals surface area contributed by atoms with E-state index in [9.17, 15) is 4.79 Å². The lowest BCUT2D eigenvalue weighted by molar-refractivity contribution is -0.131. The second-order valence-electron chi connectivity index (χ2n) is 6.85. The molecule has 0 aliphatic heterocycles. The summed E-state index contributed by atoms with van der Waals surface area (Å²) in [5.41, 5.74) is 0. The third kappa shape index (κ3) is 29.2. The molecule has 0 spiro atoms. The molecule has 0 aromatic rings.